The van der Waals surface area contributed by atoms with E-state index >= 15 is 0 Å². The van der Waals surface area contributed by atoms with Gasteiger partial charge in [0.05, 0.1) is 0 Å². The molecule has 0 atom stereocenters. The summed E-state index contributed by atoms with van der Waals surface area (Å²) in [5.74, 6) is 0.997. The fourth-order valence-electron chi connectivity index (χ4n) is 2.10. The third-order valence-corrected chi connectivity index (χ3v) is 3.31. The molecule has 1 amide bonds. The molecule has 0 bridgehead atoms. The fraction of sp³-hybridized carbons (Fsp3) is 0.462. The summed E-state index contributed by atoms with van der Waals surface area (Å²) in [6.45, 7) is 6.52. The van der Waals surface area contributed by atoms with Crippen molar-refractivity contribution in [3.05, 3.63) is 23.4 Å². The second-order valence-electron chi connectivity index (χ2n) is 4.51. The molecule has 0 unspecified atom stereocenters. The van der Waals surface area contributed by atoms with Crippen LogP contribution in [0.5, 0.6) is 0 Å². The van der Waals surface area contributed by atoms with Crippen molar-refractivity contribution >= 4 is 18.0 Å². The van der Waals surface area contributed by atoms with E-state index < -0.39 is 0 Å². The van der Waals surface area contributed by atoms with Crippen LogP contribution in [0.1, 0.15) is 22.8 Å². The molecule has 0 saturated carbocycles. The van der Waals surface area contributed by atoms with E-state index in [1.165, 1.54) is 0 Å². The maximum atomic E-state index is 11.2. The van der Waals surface area contributed by atoms with E-state index in [4.69, 9.17) is 0 Å². The van der Waals surface area contributed by atoms with E-state index in [0.29, 0.717) is 5.56 Å². The first-order chi connectivity index (χ1) is 8.61. The molecule has 96 valence electrons. The summed E-state index contributed by atoms with van der Waals surface area (Å²) in [5.41, 5.74) is 1.56. The Morgan fingerprint density at radius 3 is 2.50 bits per heavy atom. The van der Waals surface area contributed by atoms with Gasteiger partial charge in [-0.3, -0.25) is 9.59 Å². The SMILES string of the molecule is CC(=O)N1CCN(c2cc(C)c(C=O)cn2)CC1. The number of hydrogen-bond donors (Lipinski definition) is 0. The molecule has 0 radical (unpaired) electrons. The third-order valence-electron chi connectivity index (χ3n) is 3.31. The lowest BCUT2D eigenvalue weighted by Gasteiger charge is -2.35. The molecule has 0 aliphatic carbocycles. The second-order valence-corrected chi connectivity index (χ2v) is 4.51. The van der Waals surface area contributed by atoms with Gasteiger partial charge < -0.3 is 9.80 Å². The standard InChI is InChI=1S/C13H17N3O2/c1-10-7-13(14-8-12(10)9-17)16-5-3-15(4-6-16)11(2)18/h7-9H,3-6H2,1-2H3. The van der Waals surface area contributed by atoms with Crippen LogP contribution >= 0.6 is 0 Å². The Bertz CT molecular complexity index is 465. The summed E-state index contributed by atoms with van der Waals surface area (Å²) in [6.07, 6.45) is 2.43. The Balaban J connectivity index is 2.08. The third kappa shape index (κ3) is 2.50. The molecule has 18 heavy (non-hydrogen) atoms. The summed E-state index contributed by atoms with van der Waals surface area (Å²) in [5, 5.41) is 0. The zero-order valence-electron chi connectivity index (χ0n) is 10.7. The molecule has 0 aromatic carbocycles. The first kappa shape index (κ1) is 12.5. The van der Waals surface area contributed by atoms with E-state index in [1.54, 1.807) is 13.1 Å². The van der Waals surface area contributed by atoms with Crippen molar-refractivity contribution in [2.75, 3.05) is 31.1 Å². The predicted octanol–water partition coefficient (Wildman–Crippen LogP) is 0.871. The van der Waals surface area contributed by atoms with Gasteiger partial charge in [-0.2, -0.15) is 0 Å². The van der Waals surface area contributed by atoms with Crippen molar-refractivity contribution in [2.24, 2.45) is 0 Å². The zero-order valence-corrected chi connectivity index (χ0v) is 10.7. The van der Waals surface area contributed by atoms with Gasteiger partial charge in [0, 0.05) is 44.9 Å². The zero-order chi connectivity index (χ0) is 13.1. The van der Waals surface area contributed by atoms with Crippen molar-refractivity contribution in [2.45, 2.75) is 13.8 Å². The first-order valence-corrected chi connectivity index (χ1v) is 6.04. The Hall–Kier alpha value is -1.91. The molecule has 1 saturated heterocycles. The van der Waals surface area contributed by atoms with Gasteiger partial charge in [-0.25, -0.2) is 4.98 Å². The predicted molar refractivity (Wildman–Crippen MR) is 68.8 cm³/mol. The Labute approximate surface area is 106 Å². The van der Waals surface area contributed by atoms with Gasteiger partial charge >= 0.3 is 0 Å². The van der Waals surface area contributed by atoms with Crippen LogP contribution in [0.2, 0.25) is 0 Å². The molecule has 1 aliphatic rings. The topological polar surface area (TPSA) is 53.5 Å². The average molecular weight is 247 g/mol. The van der Waals surface area contributed by atoms with Gasteiger partial charge in [-0.05, 0) is 18.6 Å². The molecule has 1 aliphatic heterocycles. The van der Waals surface area contributed by atoms with Crippen LogP contribution in [0.25, 0.3) is 0 Å². The van der Waals surface area contributed by atoms with E-state index in [-0.39, 0.29) is 5.91 Å². The number of aryl methyl sites for hydroxylation is 1. The smallest absolute Gasteiger partial charge is 0.219 e. The molecule has 0 N–H and O–H groups in total. The quantitative estimate of drug-likeness (QED) is 0.728. The van der Waals surface area contributed by atoms with E-state index in [0.717, 1.165) is 43.8 Å². The van der Waals surface area contributed by atoms with Gasteiger partial charge in [0.25, 0.3) is 0 Å². The van der Waals surface area contributed by atoms with Crippen molar-refractivity contribution in [3.8, 4) is 0 Å². The molecular weight excluding hydrogens is 230 g/mol. The van der Waals surface area contributed by atoms with Crippen LogP contribution in [-0.4, -0.2) is 48.3 Å². The van der Waals surface area contributed by atoms with Crippen LogP contribution in [0.15, 0.2) is 12.3 Å². The summed E-state index contributed by atoms with van der Waals surface area (Å²) in [4.78, 5) is 30.2. The van der Waals surface area contributed by atoms with Gasteiger partial charge in [-0.1, -0.05) is 0 Å². The lowest BCUT2D eigenvalue weighted by molar-refractivity contribution is -0.129. The molecule has 1 aromatic rings. The average Bonchev–Trinajstić information content (AvgIpc) is 2.38. The number of nitrogens with zero attached hydrogens (tertiary/aromatic N) is 3. The van der Waals surface area contributed by atoms with Crippen molar-refractivity contribution in [1.29, 1.82) is 0 Å². The number of carbonyl (C=O) groups excluding carboxylic acids is 2. The lowest BCUT2D eigenvalue weighted by Crippen LogP contribution is -2.48. The maximum absolute atomic E-state index is 11.2. The normalized spacial score (nSPS) is 15.7. The van der Waals surface area contributed by atoms with Crippen molar-refractivity contribution in [3.63, 3.8) is 0 Å². The van der Waals surface area contributed by atoms with Gasteiger partial charge in [0.15, 0.2) is 6.29 Å². The largest absolute Gasteiger partial charge is 0.353 e. The number of hydrogen-bond acceptors (Lipinski definition) is 4. The van der Waals surface area contributed by atoms with Crippen LogP contribution < -0.4 is 4.90 Å². The monoisotopic (exact) mass is 247 g/mol. The molecule has 5 nitrogen and oxygen atoms in total. The number of aldehydes is 1. The maximum Gasteiger partial charge on any atom is 0.219 e. The minimum absolute atomic E-state index is 0.120. The highest BCUT2D eigenvalue weighted by Crippen LogP contribution is 2.16. The highest BCUT2D eigenvalue weighted by molar-refractivity contribution is 5.77. The highest BCUT2D eigenvalue weighted by atomic mass is 16.2. The summed E-state index contributed by atoms with van der Waals surface area (Å²) >= 11 is 0. The highest BCUT2D eigenvalue weighted by Gasteiger charge is 2.19. The number of pyridine rings is 1. The van der Waals surface area contributed by atoms with E-state index in [2.05, 4.69) is 9.88 Å². The Morgan fingerprint density at radius 1 is 1.33 bits per heavy atom. The Kier molecular flexibility index (Phi) is 3.60. The number of piperazine rings is 1. The minimum atomic E-state index is 0.120. The van der Waals surface area contributed by atoms with E-state index in [9.17, 15) is 9.59 Å². The molecular formula is C13H17N3O2. The number of anilines is 1. The number of carbonyl (C=O) groups is 2. The number of aromatic nitrogens is 1. The molecule has 1 aromatic heterocycles. The molecule has 2 heterocycles. The fourth-order valence-corrected chi connectivity index (χ4v) is 2.10. The van der Waals surface area contributed by atoms with E-state index in [1.807, 2.05) is 17.9 Å². The summed E-state index contributed by atoms with van der Waals surface area (Å²) in [6, 6.07) is 1.92. The summed E-state index contributed by atoms with van der Waals surface area (Å²) < 4.78 is 0. The minimum Gasteiger partial charge on any atom is -0.353 e. The Morgan fingerprint density at radius 2 is 2.00 bits per heavy atom. The van der Waals surface area contributed by atoms with Gasteiger partial charge in [0.1, 0.15) is 5.82 Å². The van der Waals surface area contributed by atoms with Crippen molar-refractivity contribution < 1.29 is 9.59 Å². The number of amides is 1. The molecule has 5 heteroatoms. The van der Waals surface area contributed by atoms with Gasteiger partial charge in [-0.15, -0.1) is 0 Å². The molecule has 2 rings (SSSR count). The number of rotatable bonds is 2. The van der Waals surface area contributed by atoms with Gasteiger partial charge in [0.2, 0.25) is 5.91 Å². The van der Waals surface area contributed by atoms with Crippen LogP contribution in [0.4, 0.5) is 5.82 Å². The first-order valence-electron chi connectivity index (χ1n) is 6.04. The lowest BCUT2D eigenvalue weighted by atomic mass is 10.1. The molecule has 1 fully saturated rings. The summed E-state index contributed by atoms with van der Waals surface area (Å²) in [7, 11) is 0. The van der Waals surface area contributed by atoms with Crippen LogP contribution in [-0.2, 0) is 4.79 Å². The molecule has 0 spiro atoms. The van der Waals surface area contributed by atoms with Crippen LogP contribution in [0, 0.1) is 6.92 Å². The van der Waals surface area contributed by atoms with Crippen molar-refractivity contribution in [1.82, 2.24) is 9.88 Å². The second kappa shape index (κ2) is 5.16. The van der Waals surface area contributed by atoms with Crippen LogP contribution in [0.3, 0.4) is 0 Å².